The van der Waals surface area contributed by atoms with Crippen LogP contribution in [0.3, 0.4) is 0 Å². The van der Waals surface area contributed by atoms with Crippen LogP contribution in [0.2, 0.25) is 5.02 Å². The lowest BCUT2D eigenvalue weighted by Crippen LogP contribution is -2.45. The van der Waals surface area contributed by atoms with Crippen molar-refractivity contribution in [2.24, 2.45) is 5.92 Å². The highest BCUT2D eigenvalue weighted by molar-refractivity contribution is 7.95. The summed E-state index contributed by atoms with van der Waals surface area (Å²) in [5.74, 6) is 0.0675. The van der Waals surface area contributed by atoms with Gasteiger partial charge < -0.3 is 9.47 Å². The van der Waals surface area contributed by atoms with Gasteiger partial charge in [-0.1, -0.05) is 48.9 Å². The largest absolute Gasteiger partial charge is 0.370 e. The third-order valence-electron chi connectivity index (χ3n) is 5.77. The highest BCUT2D eigenvalue weighted by Crippen LogP contribution is 2.54. The molecule has 2 aliphatic rings. The summed E-state index contributed by atoms with van der Waals surface area (Å²) in [5.41, 5.74) is 0.801. The fourth-order valence-corrected chi connectivity index (χ4v) is 6.66. The molecule has 4 nitrogen and oxygen atoms in total. The van der Waals surface area contributed by atoms with E-state index in [1.165, 1.54) is 12.1 Å². The lowest BCUT2D eigenvalue weighted by Gasteiger charge is -2.34. The molecule has 0 amide bonds. The first-order valence-corrected chi connectivity index (χ1v) is 11.2. The van der Waals surface area contributed by atoms with E-state index >= 15 is 0 Å². The molecule has 0 radical (unpaired) electrons. The van der Waals surface area contributed by atoms with Crippen molar-refractivity contribution in [2.75, 3.05) is 0 Å². The van der Waals surface area contributed by atoms with E-state index in [-0.39, 0.29) is 23.0 Å². The van der Waals surface area contributed by atoms with Gasteiger partial charge in [-0.25, -0.2) is 8.42 Å². The van der Waals surface area contributed by atoms with E-state index in [0.717, 1.165) is 11.1 Å². The maximum absolute atomic E-state index is 13.4. The second-order valence-electron chi connectivity index (χ2n) is 7.69. The standard InChI is InChI=1S/C22H23ClO4S/c1-14-19-15(2)21(28(24,25)18-11-9-17(23)10-12-18)22(3,27-19)20(14)26-13-16-7-5-4-6-8-16/h4-12,14,19-20H,13H2,1-3H3/t14-,19+,20-,22-/m1/s1. The van der Waals surface area contributed by atoms with Crippen molar-refractivity contribution < 1.29 is 17.9 Å². The van der Waals surface area contributed by atoms with Gasteiger partial charge in [-0.2, -0.15) is 0 Å². The summed E-state index contributed by atoms with van der Waals surface area (Å²) in [6.45, 7) is 6.15. The molecule has 2 heterocycles. The van der Waals surface area contributed by atoms with Gasteiger partial charge in [0.1, 0.15) is 5.60 Å². The first-order chi connectivity index (χ1) is 13.2. The van der Waals surface area contributed by atoms with E-state index < -0.39 is 15.4 Å². The molecule has 1 fully saturated rings. The number of benzene rings is 2. The van der Waals surface area contributed by atoms with Gasteiger partial charge in [0.05, 0.1) is 28.6 Å². The molecule has 28 heavy (non-hydrogen) atoms. The summed E-state index contributed by atoms with van der Waals surface area (Å²) in [6.07, 6.45) is -0.610. The van der Waals surface area contributed by atoms with Crippen LogP contribution in [-0.4, -0.2) is 26.2 Å². The normalized spacial score (nSPS) is 29.5. The Morgan fingerprint density at radius 2 is 1.75 bits per heavy atom. The van der Waals surface area contributed by atoms with Crippen molar-refractivity contribution in [3.8, 4) is 0 Å². The molecule has 6 heteroatoms. The number of ether oxygens (including phenoxy) is 2. The van der Waals surface area contributed by atoms with Gasteiger partial charge in [0.2, 0.25) is 9.84 Å². The number of rotatable bonds is 5. The Hall–Kier alpha value is -1.66. The van der Waals surface area contributed by atoms with Gasteiger partial charge in [0.25, 0.3) is 0 Å². The van der Waals surface area contributed by atoms with Crippen molar-refractivity contribution >= 4 is 21.4 Å². The van der Waals surface area contributed by atoms with Crippen molar-refractivity contribution in [3.63, 3.8) is 0 Å². The van der Waals surface area contributed by atoms with Crippen LogP contribution >= 0.6 is 11.6 Å². The highest BCUT2D eigenvalue weighted by atomic mass is 35.5. The van der Waals surface area contributed by atoms with Gasteiger partial charge in [-0.05, 0) is 49.2 Å². The minimum Gasteiger partial charge on any atom is -0.370 e. The Morgan fingerprint density at radius 3 is 2.36 bits per heavy atom. The van der Waals surface area contributed by atoms with Crippen LogP contribution < -0.4 is 0 Å². The average molecular weight is 419 g/mol. The zero-order chi connectivity index (χ0) is 20.1. The second kappa shape index (κ2) is 6.99. The lowest BCUT2D eigenvalue weighted by molar-refractivity contribution is -0.0589. The second-order valence-corrected chi connectivity index (χ2v) is 10.0. The topological polar surface area (TPSA) is 52.6 Å². The number of sulfone groups is 1. The molecule has 1 saturated heterocycles. The maximum Gasteiger partial charge on any atom is 0.205 e. The van der Waals surface area contributed by atoms with E-state index in [9.17, 15) is 8.42 Å². The van der Waals surface area contributed by atoms with Gasteiger partial charge in [0.15, 0.2) is 0 Å². The molecule has 0 saturated carbocycles. The summed E-state index contributed by atoms with van der Waals surface area (Å²) in [6, 6.07) is 16.1. The maximum atomic E-state index is 13.4. The third-order valence-corrected chi connectivity index (χ3v) is 8.18. The molecule has 4 rings (SSSR count). The molecule has 2 bridgehead atoms. The molecule has 0 aliphatic carbocycles. The molecule has 2 aliphatic heterocycles. The monoisotopic (exact) mass is 418 g/mol. The smallest absolute Gasteiger partial charge is 0.205 e. The minimum atomic E-state index is -3.72. The summed E-state index contributed by atoms with van der Waals surface area (Å²) in [4.78, 5) is 0.543. The quantitative estimate of drug-likeness (QED) is 0.701. The highest BCUT2D eigenvalue weighted by Gasteiger charge is 2.62. The zero-order valence-electron chi connectivity index (χ0n) is 16.1. The minimum absolute atomic E-state index is 0.0675. The molecule has 0 aromatic heterocycles. The average Bonchev–Trinajstić information content (AvgIpc) is 3.08. The molecule has 148 valence electrons. The SMILES string of the molecule is CC1=C(S(=O)(=O)c2ccc(Cl)cc2)[C@]2(C)O[C@H]1[C@@H](C)[C@H]2OCc1ccccc1. The summed E-state index contributed by atoms with van der Waals surface area (Å²) in [5, 5.41) is 0.498. The van der Waals surface area contributed by atoms with E-state index in [4.69, 9.17) is 21.1 Å². The van der Waals surface area contributed by atoms with Crippen LogP contribution in [-0.2, 0) is 25.9 Å². The van der Waals surface area contributed by atoms with Crippen LogP contribution in [0, 0.1) is 5.92 Å². The van der Waals surface area contributed by atoms with E-state index in [1.54, 1.807) is 12.1 Å². The molecule has 2 aromatic rings. The van der Waals surface area contributed by atoms with Gasteiger partial charge >= 0.3 is 0 Å². The number of halogens is 1. The predicted molar refractivity (Wildman–Crippen MR) is 109 cm³/mol. The van der Waals surface area contributed by atoms with Crippen molar-refractivity contribution in [1.82, 2.24) is 0 Å². The Labute approximate surface area is 171 Å². The van der Waals surface area contributed by atoms with Crippen LogP contribution in [0.5, 0.6) is 0 Å². The van der Waals surface area contributed by atoms with E-state index in [2.05, 4.69) is 6.92 Å². The van der Waals surface area contributed by atoms with Crippen LogP contribution in [0.1, 0.15) is 26.3 Å². The Bertz CT molecular complexity index is 1010. The summed E-state index contributed by atoms with van der Waals surface area (Å²) in [7, 11) is -3.72. The van der Waals surface area contributed by atoms with E-state index in [1.807, 2.05) is 44.2 Å². The lowest BCUT2D eigenvalue weighted by atomic mass is 9.81. The Balaban J connectivity index is 1.69. The van der Waals surface area contributed by atoms with Crippen LogP contribution in [0.25, 0.3) is 0 Å². The summed E-state index contributed by atoms with van der Waals surface area (Å²) < 4.78 is 39.3. The fourth-order valence-electron chi connectivity index (χ4n) is 4.57. The molecule has 0 spiro atoms. The molecule has 0 unspecified atom stereocenters. The first-order valence-electron chi connectivity index (χ1n) is 9.30. The zero-order valence-corrected chi connectivity index (χ0v) is 17.6. The van der Waals surface area contributed by atoms with Crippen LogP contribution in [0.15, 0.2) is 70.0 Å². The number of hydrogen-bond donors (Lipinski definition) is 0. The Kier molecular flexibility index (Phi) is 4.91. The molecule has 2 aromatic carbocycles. The first kappa shape index (κ1) is 19.6. The number of fused-ring (bicyclic) bond motifs is 2. The van der Waals surface area contributed by atoms with Gasteiger partial charge in [-0.15, -0.1) is 0 Å². The molecule has 4 atom stereocenters. The number of hydrogen-bond acceptors (Lipinski definition) is 4. The fraction of sp³-hybridized carbons (Fsp3) is 0.364. The van der Waals surface area contributed by atoms with E-state index in [0.29, 0.717) is 16.5 Å². The van der Waals surface area contributed by atoms with Gasteiger partial charge in [-0.3, -0.25) is 0 Å². The third kappa shape index (κ3) is 3.01. The Morgan fingerprint density at radius 1 is 1.11 bits per heavy atom. The van der Waals surface area contributed by atoms with Crippen molar-refractivity contribution in [1.29, 1.82) is 0 Å². The molecular weight excluding hydrogens is 396 g/mol. The van der Waals surface area contributed by atoms with Crippen molar-refractivity contribution in [3.05, 3.63) is 75.7 Å². The predicted octanol–water partition coefficient (Wildman–Crippen LogP) is 4.78. The van der Waals surface area contributed by atoms with Gasteiger partial charge in [0, 0.05) is 10.9 Å². The molecule has 0 N–H and O–H groups in total. The van der Waals surface area contributed by atoms with Crippen LogP contribution in [0.4, 0.5) is 0 Å². The van der Waals surface area contributed by atoms with Crippen molar-refractivity contribution in [2.45, 2.75) is 50.1 Å². The molecular formula is C22H23ClO4S. The summed E-state index contributed by atoms with van der Waals surface area (Å²) >= 11 is 5.93.